The molecule has 0 radical (unpaired) electrons. The van der Waals surface area contributed by atoms with Crippen LogP contribution < -0.4 is 11.1 Å². The first-order chi connectivity index (χ1) is 8.21. The number of methoxy groups -OCH3 is 1. The van der Waals surface area contributed by atoms with Crippen LogP contribution in [0.4, 0.5) is 0 Å². The molecular formula is C11H20N4O2. The number of carbonyl (C=O) groups is 1. The lowest BCUT2D eigenvalue weighted by atomic mass is 10.2. The van der Waals surface area contributed by atoms with Crippen molar-refractivity contribution in [3.8, 4) is 0 Å². The molecule has 0 aliphatic rings. The molecule has 6 heteroatoms. The topological polar surface area (TPSA) is 93.0 Å². The van der Waals surface area contributed by atoms with Crippen LogP contribution in [-0.4, -0.2) is 35.6 Å². The van der Waals surface area contributed by atoms with E-state index < -0.39 is 0 Å². The highest BCUT2D eigenvalue weighted by Gasteiger charge is 2.17. The molecule has 0 spiro atoms. The molecule has 1 aromatic rings. The monoisotopic (exact) mass is 240 g/mol. The first kappa shape index (κ1) is 13.7. The predicted molar refractivity (Wildman–Crippen MR) is 64.2 cm³/mol. The molecular weight excluding hydrogens is 220 g/mol. The van der Waals surface area contributed by atoms with Gasteiger partial charge in [-0.25, -0.2) is 4.98 Å². The molecule has 0 bridgehead atoms. The molecule has 0 saturated heterocycles. The lowest BCUT2D eigenvalue weighted by molar-refractivity contribution is -0.124. The average Bonchev–Trinajstić information content (AvgIpc) is 2.86. The molecule has 2 unspecified atom stereocenters. The van der Waals surface area contributed by atoms with Crippen molar-refractivity contribution in [2.45, 2.75) is 31.9 Å². The Morgan fingerprint density at radius 3 is 2.94 bits per heavy atom. The summed E-state index contributed by atoms with van der Waals surface area (Å²) in [6, 6.07) is -0.0900. The number of hydrogen-bond donors (Lipinski definition) is 3. The number of imidazole rings is 1. The Kier molecular flexibility index (Phi) is 5.65. The van der Waals surface area contributed by atoms with Gasteiger partial charge in [0.05, 0.1) is 18.6 Å². The van der Waals surface area contributed by atoms with Gasteiger partial charge >= 0.3 is 0 Å². The van der Waals surface area contributed by atoms with Gasteiger partial charge in [0.2, 0.25) is 5.91 Å². The summed E-state index contributed by atoms with van der Waals surface area (Å²) in [5, 5.41) is 2.90. The number of H-pyrrole nitrogens is 1. The van der Waals surface area contributed by atoms with Gasteiger partial charge in [0.15, 0.2) is 0 Å². The van der Waals surface area contributed by atoms with E-state index in [-0.39, 0.29) is 24.5 Å². The van der Waals surface area contributed by atoms with Crippen LogP contribution >= 0.6 is 0 Å². The summed E-state index contributed by atoms with van der Waals surface area (Å²) in [5.74, 6) is 0.688. The fourth-order valence-corrected chi connectivity index (χ4v) is 1.55. The van der Waals surface area contributed by atoms with Gasteiger partial charge in [-0.3, -0.25) is 4.79 Å². The summed E-state index contributed by atoms with van der Waals surface area (Å²) >= 11 is 0. The number of aromatic nitrogens is 2. The number of carbonyl (C=O) groups excluding carboxylic acids is 1. The van der Waals surface area contributed by atoms with E-state index in [4.69, 9.17) is 10.5 Å². The van der Waals surface area contributed by atoms with Crippen molar-refractivity contribution in [3.63, 3.8) is 0 Å². The fraction of sp³-hybridized carbons (Fsp3) is 0.636. The normalized spacial score (nSPS) is 14.3. The van der Waals surface area contributed by atoms with Crippen molar-refractivity contribution >= 4 is 5.91 Å². The second kappa shape index (κ2) is 7.03. The second-order valence-corrected chi connectivity index (χ2v) is 3.80. The minimum Gasteiger partial charge on any atom is -0.380 e. The molecule has 96 valence electrons. The van der Waals surface area contributed by atoms with E-state index in [0.717, 1.165) is 12.2 Å². The van der Waals surface area contributed by atoms with Gasteiger partial charge in [0, 0.05) is 26.0 Å². The van der Waals surface area contributed by atoms with Gasteiger partial charge in [-0.15, -0.1) is 0 Å². The number of ether oxygens (including phenoxy) is 1. The third-order valence-corrected chi connectivity index (χ3v) is 2.60. The van der Waals surface area contributed by atoms with Crippen LogP contribution in [0.3, 0.4) is 0 Å². The number of rotatable bonds is 7. The van der Waals surface area contributed by atoms with Crippen LogP contribution in [0.25, 0.3) is 0 Å². The molecule has 4 N–H and O–H groups in total. The quantitative estimate of drug-likeness (QED) is 0.640. The van der Waals surface area contributed by atoms with Crippen LogP contribution in [0, 0.1) is 0 Å². The molecule has 0 fully saturated rings. The number of nitrogens with one attached hydrogen (secondary N) is 2. The Morgan fingerprint density at radius 2 is 2.47 bits per heavy atom. The largest absolute Gasteiger partial charge is 0.380 e. The Labute approximate surface area is 101 Å². The van der Waals surface area contributed by atoms with Crippen molar-refractivity contribution in [2.75, 3.05) is 13.7 Å². The van der Waals surface area contributed by atoms with Crippen LogP contribution in [0.2, 0.25) is 0 Å². The molecule has 0 aliphatic heterocycles. The van der Waals surface area contributed by atoms with Crippen molar-refractivity contribution in [3.05, 3.63) is 18.2 Å². The maximum Gasteiger partial charge on any atom is 0.223 e. The first-order valence-electron chi connectivity index (χ1n) is 5.72. The first-order valence-corrected chi connectivity index (χ1v) is 5.72. The molecule has 1 amide bonds. The zero-order valence-corrected chi connectivity index (χ0v) is 10.3. The minimum absolute atomic E-state index is 0.0782. The molecule has 0 saturated carbocycles. The van der Waals surface area contributed by atoms with E-state index in [2.05, 4.69) is 15.3 Å². The molecule has 17 heavy (non-hydrogen) atoms. The highest BCUT2D eigenvalue weighted by atomic mass is 16.5. The molecule has 2 atom stereocenters. The van der Waals surface area contributed by atoms with Gasteiger partial charge in [0.1, 0.15) is 5.82 Å². The SMILES string of the molecule is CCC(NC(=O)CC(CN)OC)c1ncc[nH]1. The number of hydrogen-bond acceptors (Lipinski definition) is 4. The standard InChI is InChI=1S/C11H20N4O2/c1-3-9(11-13-4-5-14-11)15-10(16)6-8(7-12)17-2/h4-5,8-9H,3,6-7,12H2,1-2H3,(H,13,14)(H,15,16). The number of aromatic amines is 1. The van der Waals surface area contributed by atoms with Gasteiger partial charge in [-0.1, -0.05) is 6.92 Å². The van der Waals surface area contributed by atoms with Crippen molar-refractivity contribution in [2.24, 2.45) is 5.73 Å². The van der Waals surface area contributed by atoms with Crippen LogP contribution in [0.5, 0.6) is 0 Å². The third-order valence-electron chi connectivity index (χ3n) is 2.60. The Morgan fingerprint density at radius 1 is 1.71 bits per heavy atom. The smallest absolute Gasteiger partial charge is 0.223 e. The van der Waals surface area contributed by atoms with E-state index in [0.29, 0.717) is 6.54 Å². The second-order valence-electron chi connectivity index (χ2n) is 3.80. The lowest BCUT2D eigenvalue weighted by Crippen LogP contribution is -2.34. The van der Waals surface area contributed by atoms with Crippen LogP contribution in [-0.2, 0) is 9.53 Å². The van der Waals surface area contributed by atoms with E-state index in [1.165, 1.54) is 0 Å². The minimum atomic E-state index is -0.232. The van der Waals surface area contributed by atoms with E-state index in [1.54, 1.807) is 19.5 Å². The fourth-order valence-electron chi connectivity index (χ4n) is 1.55. The summed E-state index contributed by atoms with van der Waals surface area (Å²) in [6.45, 7) is 2.33. The number of nitrogens with zero attached hydrogens (tertiary/aromatic N) is 1. The molecule has 1 rings (SSSR count). The molecule has 6 nitrogen and oxygen atoms in total. The van der Waals surface area contributed by atoms with E-state index in [9.17, 15) is 4.79 Å². The van der Waals surface area contributed by atoms with Crippen molar-refractivity contribution in [1.29, 1.82) is 0 Å². The van der Waals surface area contributed by atoms with E-state index in [1.807, 2.05) is 6.92 Å². The summed E-state index contributed by atoms with van der Waals surface area (Å²) in [5.41, 5.74) is 5.47. The third kappa shape index (κ3) is 4.16. The predicted octanol–water partition coefficient (Wildman–Crippen LogP) is 0.341. The number of nitrogens with two attached hydrogens (primary N) is 1. The van der Waals surface area contributed by atoms with Gasteiger partial charge in [0.25, 0.3) is 0 Å². The lowest BCUT2D eigenvalue weighted by Gasteiger charge is -2.17. The average molecular weight is 240 g/mol. The molecule has 0 aromatic carbocycles. The summed E-state index contributed by atoms with van der Waals surface area (Å²) in [4.78, 5) is 18.9. The zero-order valence-electron chi connectivity index (χ0n) is 10.3. The Hall–Kier alpha value is -1.40. The van der Waals surface area contributed by atoms with Gasteiger partial charge in [-0.05, 0) is 6.42 Å². The van der Waals surface area contributed by atoms with Crippen LogP contribution in [0.1, 0.15) is 31.6 Å². The maximum absolute atomic E-state index is 11.7. The summed E-state index contributed by atoms with van der Waals surface area (Å²) in [6.07, 6.45) is 4.22. The highest BCUT2D eigenvalue weighted by molar-refractivity contribution is 5.76. The van der Waals surface area contributed by atoms with Crippen molar-refractivity contribution < 1.29 is 9.53 Å². The zero-order chi connectivity index (χ0) is 12.7. The maximum atomic E-state index is 11.7. The Balaban J connectivity index is 2.49. The summed E-state index contributed by atoms with van der Waals surface area (Å²) in [7, 11) is 1.55. The van der Waals surface area contributed by atoms with E-state index >= 15 is 0 Å². The Bertz CT molecular complexity index is 322. The molecule has 1 heterocycles. The van der Waals surface area contributed by atoms with Gasteiger partial charge < -0.3 is 20.8 Å². The van der Waals surface area contributed by atoms with Crippen molar-refractivity contribution in [1.82, 2.24) is 15.3 Å². The highest BCUT2D eigenvalue weighted by Crippen LogP contribution is 2.11. The van der Waals surface area contributed by atoms with Gasteiger partial charge in [-0.2, -0.15) is 0 Å². The molecule has 1 aromatic heterocycles. The summed E-state index contributed by atoms with van der Waals surface area (Å²) < 4.78 is 5.07. The molecule has 0 aliphatic carbocycles. The number of amides is 1. The van der Waals surface area contributed by atoms with Crippen LogP contribution in [0.15, 0.2) is 12.4 Å².